The van der Waals surface area contributed by atoms with Gasteiger partial charge in [0.2, 0.25) is 0 Å². The van der Waals surface area contributed by atoms with E-state index in [1.54, 1.807) is 0 Å². The zero-order chi connectivity index (χ0) is 17.2. The van der Waals surface area contributed by atoms with E-state index in [9.17, 15) is 4.79 Å². The largest absolute Gasteiger partial charge is 0.362 e. The molecule has 1 aliphatic heterocycles. The molecular formula is C22H16N2O. The Morgan fingerprint density at radius 3 is 2.48 bits per heavy atom. The molecule has 0 saturated carbocycles. The first-order valence-electron chi connectivity index (χ1n) is 8.08. The Hall–Kier alpha value is -3.51. The first kappa shape index (κ1) is 15.0. The predicted octanol–water partition coefficient (Wildman–Crippen LogP) is 4.22. The van der Waals surface area contributed by atoms with Crippen molar-refractivity contribution >= 4 is 23.2 Å². The molecular weight excluding hydrogens is 308 g/mol. The molecule has 1 amide bonds. The lowest BCUT2D eigenvalue weighted by molar-refractivity contribution is -0.110. The molecule has 0 saturated heterocycles. The maximum Gasteiger partial charge on any atom is 0.256 e. The number of carbonyl (C=O) groups excluding carboxylic acids is 1. The van der Waals surface area contributed by atoms with Crippen LogP contribution in [0.4, 0.5) is 5.69 Å². The molecule has 0 fully saturated rings. The molecule has 2 aromatic carbocycles. The van der Waals surface area contributed by atoms with Crippen molar-refractivity contribution in [2.24, 2.45) is 0 Å². The summed E-state index contributed by atoms with van der Waals surface area (Å²) < 4.78 is 0. The van der Waals surface area contributed by atoms with Crippen LogP contribution in [-0.4, -0.2) is 10.9 Å². The monoisotopic (exact) mass is 324 g/mol. The Labute approximate surface area is 146 Å². The first-order chi connectivity index (χ1) is 12.2. The number of H-pyrrole nitrogens is 1. The molecule has 3 nitrogen and oxygen atoms in total. The van der Waals surface area contributed by atoms with Crippen molar-refractivity contribution in [3.63, 3.8) is 0 Å². The number of hydrogen-bond donors (Lipinski definition) is 2. The molecule has 0 unspecified atom stereocenters. The molecule has 25 heavy (non-hydrogen) atoms. The molecule has 0 radical (unpaired) electrons. The predicted molar refractivity (Wildman–Crippen MR) is 101 cm³/mol. The number of aromatic nitrogens is 1. The van der Waals surface area contributed by atoms with E-state index in [2.05, 4.69) is 29.1 Å². The van der Waals surface area contributed by atoms with Gasteiger partial charge >= 0.3 is 0 Å². The Bertz CT molecular complexity index is 1030. The minimum absolute atomic E-state index is 0.0896. The molecule has 0 bridgehead atoms. The third kappa shape index (κ3) is 3.11. The van der Waals surface area contributed by atoms with Crippen molar-refractivity contribution in [1.82, 2.24) is 4.98 Å². The van der Waals surface area contributed by atoms with Crippen molar-refractivity contribution in [2.45, 2.75) is 6.92 Å². The molecule has 3 aromatic rings. The normalized spacial score (nSPS) is 14.0. The lowest BCUT2D eigenvalue weighted by atomic mass is 10.0. The molecule has 2 N–H and O–H groups in total. The van der Waals surface area contributed by atoms with Crippen molar-refractivity contribution in [2.75, 3.05) is 5.32 Å². The van der Waals surface area contributed by atoms with Gasteiger partial charge < -0.3 is 10.3 Å². The first-order valence-corrected chi connectivity index (χ1v) is 8.08. The van der Waals surface area contributed by atoms with Gasteiger partial charge in [0.05, 0.1) is 5.57 Å². The average molecular weight is 324 g/mol. The summed E-state index contributed by atoms with van der Waals surface area (Å²) >= 11 is 0. The number of hydrogen-bond acceptors (Lipinski definition) is 1. The fourth-order valence-electron chi connectivity index (χ4n) is 2.78. The topological polar surface area (TPSA) is 44.9 Å². The van der Waals surface area contributed by atoms with Crippen LogP contribution in [0.25, 0.3) is 11.6 Å². The van der Waals surface area contributed by atoms with Crippen LogP contribution < -0.4 is 5.32 Å². The van der Waals surface area contributed by atoms with E-state index in [1.165, 1.54) is 5.56 Å². The summed E-state index contributed by atoms with van der Waals surface area (Å²) in [7, 11) is 0. The number of benzene rings is 2. The van der Waals surface area contributed by atoms with Gasteiger partial charge in [-0.05, 0) is 55.5 Å². The molecule has 1 aromatic heterocycles. The number of carbonyl (C=O) groups is 1. The van der Waals surface area contributed by atoms with E-state index in [-0.39, 0.29) is 5.91 Å². The van der Waals surface area contributed by atoms with Crippen molar-refractivity contribution < 1.29 is 4.79 Å². The molecule has 1 aliphatic rings. The Morgan fingerprint density at radius 2 is 1.72 bits per heavy atom. The lowest BCUT2D eigenvalue weighted by Gasteiger charge is -1.99. The number of aromatic amines is 1. The SMILES string of the molecule is Cc1ccc(C#Cc2ccc3c(c2)/C(=C/c2ccc[nH]2)C(=O)N3)cc1. The number of anilines is 1. The number of amides is 1. The lowest BCUT2D eigenvalue weighted by Crippen LogP contribution is -2.03. The summed E-state index contributed by atoms with van der Waals surface area (Å²) in [6, 6.07) is 17.7. The minimum Gasteiger partial charge on any atom is -0.362 e. The smallest absolute Gasteiger partial charge is 0.256 e. The second-order valence-corrected chi connectivity index (χ2v) is 6.01. The zero-order valence-corrected chi connectivity index (χ0v) is 13.8. The second kappa shape index (κ2) is 6.18. The highest BCUT2D eigenvalue weighted by molar-refractivity contribution is 6.34. The maximum absolute atomic E-state index is 12.3. The standard InChI is InChI=1S/C22H16N2O/c1-15-4-6-16(7-5-15)8-9-17-10-11-21-19(13-17)20(22(25)24-21)14-18-3-2-12-23-18/h2-7,10-14,23H,1H3,(H,24,25)/b20-14-. The van der Waals surface area contributed by atoms with Crippen LogP contribution in [-0.2, 0) is 4.79 Å². The molecule has 120 valence electrons. The van der Waals surface area contributed by atoms with Crippen LogP contribution in [0.3, 0.4) is 0 Å². The number of nitrogens with one attached hydrogen (secondary N) is 2. The van der Waals surface area contributed by atoms with Crippen LogP contribution in [0.2, 0.25) is 0 Å². The van der Waals surface area contributed by atoms with Gasteiger partial charge in [0.1, 0.15) is 0 Å². The van der Waals surface area contributed by atoms with Gasteiger partial charge in [-0.2, -0.15) is 0 Å². The van der Waals surface area contributed by atoms with E-state index in [0.717, 1.165) is 28.1 Å². The molecule has 0 aliphatic carbocycles. The van der Waals surface area contributed by atoms with Crippen molar-refractivity contribution in [3.05, 3.63) is 88.7 Å². The van der Waals surface area contributed by atoms with Gasteiger partial charge in [0.15, 0.2) is 0 Å². The summed E-state index contributed by atoms with van der Waals surface area (Å²) in [5.74, 6) is 6.26. The highest BCUT2D eigenvalue weighted by Gasteiger charge is 2.24. The quantitative estimate of drug-likeness (QED) is 0.511. The summed E-state index contributed by atoms with van der Waals surface area (Å²) in [6.07, 6.45) is 3.70. The molecule has 2 heterocycles. The van der Waals surface area contributed by atoms with Gasteiger partial charge in [0, 0.05) is 34.3 Å². The average Bonchev–Trinajstić information content (AvgIpc) is 3.23. The van der Waals surface area contributed by atoms with E-state index in [4.69, 9.17) is 0 Å². The van der Waals surface area contributed by atoms with Gasteiger partial charge in [0.25, 0.3) is 5.91 Å². The summed E-state index contributed by atoms with van der Waals surface area (Å²) in [5, 5.41) is 2.90. The van der Waals surface area contributed by atoms with Crippen molar-refractivity contribution in [1.29, 1.82) is 0 Å². The molecule has 4 rings (SSSR count). The van der Waals surface area contributed by atoms with Crippen LogP contribution >= 0.6 is 0 Å². The summed E-state index contributed by atoms with van der Waals surface area (Å²) in [6.45, 7) is 2.06. The minimum atomic E-state index is -0.0896. The van der Waals surface area contributed by atoms with E-state index >= 15 is 0 Å². The van der Waals surface area contributed by atoms with Crippen molar-refractivity contribution in [3.8, 4) is 11.8 Å². The molecule has 0 atom stereocenters. The molecule has 3 heteroatoms. The molecule has 0 spiro atoms. The van der Waals surface area contributed by atoms with E-state index in [1.807, 2.05) is 66.9 Å². The van der Waals surface area contributed by atoms with E-state index < -0.39 is 0 Å². The van der Waals surface area contributed by atoms with Crippen LogP contribution in [0.1, 0.15) is 27.9 Å². The summed E-state index contributed by atoms with van der Waals surface area (Å²) in [5.41, 5.74) is 6.33. The maximum atomic E-state index is 12.3. The van der Waals surface area contributed by atoms with Crippen LogP contribution in [0.5, 0.6) is 0 Å². The number of aryl methyl sites for hydroxylation is 1. The van der Waals surface area contributed by atoms with Crippen LogP contribution in [0, 0.1) is 18.8 Å². The van der Waals surface area contributed by atoms with Gasteiger partial charge in [-0.3, -0.25) is 4.79 Å². The zero-order valence-electron chi connectivity index (χ0n) is 13.8. The Balaban J connectivity index is 1.69. The highest BCUT2D eigenvalue weighted by atomic mass is 16.2. The number of fused-ring (bicyclic) bond motifs is 1. The van der Waals surface area contributed by atoms with Gasteiger partial charge in [-0.25, -0.2) is 0 Å². The third-order valence-corrected chi connectivity index (χ3v) is 4.13. The second-order valence-electron chi connectivity index (χ2n) is 6.01. The number of rotatable bonds is 1. The highest BCUT2D eigenvalue weighted by Crippen LogP contribution is 2.33. The summed E-state index contributed by atoms with van der Waals surface area (Å²) in [4.78, 5) is 15.3. The fourth-order valence-corrected chi connectivity index (χ4v) is 2.78. The van der Waals surface area contributed by atoms with E-state index in [0.29, 0.717) is 5.57 Å². The fraction of sp³-hybridized carbons (Fsp3) is 0.0455. The van der Waals surface area contributed by atoms with Crippen LogP contribution in [0.15, 0.2) is 60.8 Å². The Kier molecular flexibility index (Phi) is 3.72. The van der Waals surface area contributed by atoms with Gasteiger partial charge in [-0.1, -0.05) is 29.5 Å². The van der Waals surface area contributed by atoms with Gasteiger partial charge in [-0.15, -0.1) is 0 Å². The third-order valence-electron chi connectivity index (χ3n) is 4.13. The Morgan fingerprint density at radius 1 is 0.960 bits per heavy atom.